The normalized spacial score (nSPS) is 17.7. The van der Waals surface area contributed by atoms with Crippen LogP contribution in [0.1, 0.15) is 40.9 Å². The second-order valence-corrected chi connectivity index (χ2v) is 10.2. The molecule has 1 aromatic carbocycles. The average molecular weight is 446 g/mol. The second-order valence-electron chi connectivity index (χ2n) is 8.57. The predicted molar refractivity (Wildman–Crippen MR) is 116 cm³/mol. The van der Waals surface area contributed by atoms with Gasteiger partial charge in [-0.05, 0) is 60.8 Å². The summed E-state index contributed by atoms with van der Waals surface area (Å²) in [4.78, 5) is 18.9. The van der Waals surface area contributed by atoms with Crippen LogP contribution in [-0.4, -0.2) is 54.2 Å². The molecule has 2 heterocycles. The second kappa shape index (κ2) is 7.49. The van der Waals surface area contributed by atoms with E-state index in [0.29, 0.717) is 18.3 Å². The summed E-state index contributed by atoms with van der Waals surface area (Å²) in [6.07, 6.45) is 6.00. The minimum Gasteiger partial charge on any atom is -0.346 e. The molecule has 0 fully saturated rings. The van der Waals surface area contributed by atoms with Gasteiger partial charge in [0.2, 0.25) is 5.95 Å². The number of urea groups is 1. The third kappa shape index (κ3) is 3.65. The lowest BCUT2D eigenvalue weighted by Gasteiger charge is -2.26. The van der Waals surface area contributed by atoms with Gasteiger partial charge in [0.25, 0.3) is 0 Å². The molecule has 2 N–H and O–H groups in total. The van der Waals surface area contributed by atoms with Crippen molar-refractivity contribution in [1.29, 1.82) is 0 Å². The molecule has 2 aromatic rings. The van der Waals surface area contributed by atoms with E-state index in [1.54, 1.807) is 9.58 Å². The number of nitrogens with zero attached hydrogens (tertiary/aromatic N) is 5. The summed E-state index contributed by atoms with van der Waals surface area (Å²) in [6.45, 7) is 0.681. The molecule has 11 heteroatoms. The molecule has 2 aliphatic carbocycles. The van der Waals surface area contributed by atoms with E-state index in [-0.39, 0.29) is 13.1 Å². The number of anilines is 2. The van der Waals surface area contributed by atoms with E-state index in [9.17, 15) is 13.2 Å². The molecule has 31 heavy (non-hydrogen) atoms. The largest absolute Gasteiger partial charge is 0.346 e. The van der Waals surface area contributed by atoms with Gasteiger partial charge in [-0.25, -0.2) is 14.2 Å². The Morgan fingerprint density at radius 3 is 2.39 bits per heavy atom. The topological polar surface area (TPSA) is 112 Å². The number of rotatable bonds is 4. The van der Waals surface area contributed by atoms with Crippen molar-refractivity contribution < 1.29 is 13.2 Å². The molecule has 5 rings (SSSR count). The Labute approximate surface area is 181 Å². The van der Waals surface area contributed by atoms with Gasteiger partial charge in [0.15, 0.2) is 0 Å². The Morgan fingerprint density at radius 1 is 1.06 bits per heavy atom. The Morgan fingerprint density at radius 2 is 1.74 bits per heavy atom. The zero-order valence-corrected chi connectivity index (χ0v) is 18.6. The molecule has 1 aromatic heterocycles. The van der Waals surface area contributed by atoms with Crippen LogP contribution in [0.3, 0.4) is 0 Å². The van der Waals surface area contributed by atoms with Crippen LogP contribution in [0.2, 0.25) is 0 Å². The van der Waals surface area contributed by atoms with Crippen molar-refractivity contribution in [3.05, 3.63) is 34.1 Å². The van der Waals surface area contributed by atoms with Crippen molar-refractivity contribution in [1.82, 2.24) is 23.8 Å². The maximum atomic E-state index is 12.9. The first-order chi connectivity index (χ1) is 14.8. The van der Waals surface area contributed by atoms with E-state index < -0.39 is 16.2 Å². The zero-order valence-electron chi connectivity index (χ0n) is 17.8. The number of hydrogen-bond acceptors (Lipinski definition) is 6. The van der Waals surface area contributed by atoms with Crippen molar-refractivity contribution in [3.63, 3.8) is 0 Å². The molecular formula is C20H27N7O3S. The van der Waals surface area contributed by atoms with Gasteiger partial charge in [0.1, 0.15) is 5.82 Å². The van der Waals surface area contributed by atoms with Gasteiger partial charge < -0.3 is 10.2 Å². The van der Waals surface area contributed by atoms with Gasteiger partial charge in [0.05, 0.1) is 13.1 Å². The lowest BCUT2D eigenvalue weighted by atomic mass is 9.99. The first-order valence-electron chi connectivity index (χ1n) is 10.7. The SMILES string of the molecule is CN(C)c1nc2n(n1)CCN(S(=O)(=O)NC(=O)Nc1c3c(cc4c1CCC4)CCC3)C2. The standard InChI is InChI=1S/C20H27N7O3S/c1-25(2)19-21-17-12-26(9-10-27(17)23-19)31(29,30)24-20(28)22-18-15-7-3-5-13(15)11-14-6-4-8-16(14)18/h11H,3-10,12H2,1-2H3,(H2,22,24,28). The van der Waals surface area contributed by atoms with Gasteiger partial charge in [0, 0.05) is 26.3 Å². The van der Waals surface area contributed by atoms with Crippen LogP contribution in [0, 0.1) is 0 Å². The van der Waals surface area contributed by atoms with Crippen LogP contribution >= 0.6 is 0 Å². The highest BCUT2D eigenvalue weighted by molar-refractivity contribution is 7.87. The highest BCUT2D eigenvalue weighted by Gasteiger charge is 2.31. The van der Waals surface area contributed by atoms with E-state index in [4.69, 9.17) is 0 Å². The first-order valence-corrected chi connectivity index (χ1v) is 12.1. The van der Waals surface area contributed by atoms with Gasteiger partial charge in [-0.3, -0.25) is 0 Å². The van der Waals surface area contributed by atoms with Crippen LogP contribution in [0.5, 0.6) is 0 Å². The van der Waals surface area contributed by atoms with E-state index in [1.165, 1.54) is 15.4 Å². The fourth-order valence-electron chi connectivity index (χ4n) is 4.78. The molecule has 10 nitrogen and oxygen atoms in total. The monoisotopic (exact) mass is 445 g/mol. The molecule has 3 aliphatic rings. The van der Waals surface area contributed by atoms with Crippen molar-refractivity contribution in [2.75, 3.05) is 30.9 Å². The Balaban J connectivity index is 1.32. The number of nitrogens with one attached hydrogen (secondary N) is 2. The molecular weight excluding hydrogens is 418 g/mol. The van der Waals surface area contributed by atoms with Crippen molar-refractivity contribution in [3.8, 4) is 0 Å². The van der Waals surface area contributed by atoms with Gasteiger partial charge in [-0.1, -0.05) is 6.07 Å². The van der Waals surface area contributed by atoms with Crippen molar-refractivity contribution in [2.45, 2.75) is 51.6 Å². The maximum Gasteiger partial charge on any atom is 0.333 e. The molecule has 0 radical (unpaired) electrons. The Bertz CT molecular complexity index is 1120. The summed E-state index contributed by atoms with van der Waals surface area (Å²) >= 11 is 0. The van der Waals surface area contributed by atoms with Crippen LogP contribution < -0.4 is 14.9 Å². The van der Waals surface area contributed by atoms with Gasteiger partial charge in [-0.2, -0.15) is 17.7 Å². The summed E-state index contributed by atoms with van der Waals surface area (Å²) < 4.78 is 30.9. The number of carbonyl (C=O) groups excluding carboxylic acids is 1. The molecule has 166 valence electrons. The van der Waals surface area contributed by atoms with E-state index >= 15 is 0 Å². The molecule has 0 atom stereocenters. The molecule has 2 amide bonds. The van der Waals surface area contributed by atoms with Crippen LogP contribution in [0.25, 0.3) is 0 Å². The Hall–Kier alpha value is -2.66. The molecule has 1 aliphatic heterocycles. The number of benzene rings is 1. The number of aryl methyl sites for hydroxylation is 2. The quantitative estimate of drug-likeness (QED) is 0.731. The number of amides is 2. The molecule has 0 saturated heterocycles. The zero-order chi connectivity index (χ0) is 21.8. The smallest absolute Gasteiger partial charge is 0.333 e. The van der Waals surface area contributed by atoms with Crippen LogP contribution in [0.15, 0.2) is 6.07 Å². The van der Waals surface area contributed by atoms with Crippen LogP contribution in [0.4, 0.5) is 16.4 Å². The fraction of sp³-hybridized carbons (Fsp3) is 0.550. The van der Waals surface area contributed by atoms with Gasteiger partial charge in [-0.15, -0.1) is 5.10 Å². The highest BCUT2D eigenvalue weighted by atomic mass is 32.2. The number of carbonyl (C=O) groups is 1. The maximum absolute atomic E-state index is 12.9. The minimum atomic E-state index is -4.01. The highest BCUT2D eigenvalue weighted by Crippen LogP contribution is 2.38. The molecule has 0 unspecified atom stereocenters. The van der Waals surface area contributed by atoms with Crippen LogP contribution in [-0.2, 0) is 49.0 Å². The predicted octanol–water partition coefficient (Wildman–Crippen LogP) is 1.20. The van der Waals surface area contributed by atoms with Crippen molar-refractivity contribution >= 4 is 27.9 Å². The number of fused-ring (bicyclic) bond motifs is 3. The third-order valence-corrected chi connectivity index (χ3v) is 7.72. The average Bonchev–Trinajstić information content (AvgIpc) is 3.45. The first kappa shape index (κ1) is 20.3. The Kier molecular flexibility index (Phi) is 4.89. The lowest BCUT2D eigenvalue weighted by Crippen LogP contribution is -2.48. The number of hydrogen-bond donors (Lipinski definition) is 2. The summed E-state index contributed by atoms with van der Waals surface area (Å²) in [5.74, 6) is 1.09. The van der Waals surface area contributed by atoms with E-state index in [0.717, 1.165) is 55.3 Å². The lowest BCUT2D eigenvalue weighted by molar-refractivity contribution is 0.254. The van der Waals surface area contributed by atoms with Gasteiger partial charge >= 0.3 is 16.2 Å². The minimum absolute atomic E-state index is 0.0690. The van der Waals surface area contributed by atoms with E-state index in [2.05, 4.69) is 26.2 Å². The molecule has 0 bridgehead atoms. The molecule has 0 spiro atoms. The third-order valence-electron chi connectivity index (χ3n) is 6.29. The van der Waals surface area contributed by atoms with E-state index in [1.807, 2.05) is 14.1 Å². The summed E-state index contributed by atoms with van der Waals surface area (Å²) in [5.41, 5.74) is 5.71. The summed E-state index contributed by atoms with van der Waals surface area (Å²) in [6, 6.07) is 1.56. The van der Waals surface area contributed by atoms with Crippen molar-refractivity contribution in [2.24, 2.45) is 0 Å². The number of aromatic nitrogens is 3. The fourth-order valence-corrected chi connectivity index (χ4v) is 5.80. The summed E-state index contributed by atoms with van der Waals surface area (Å²) in [7, 11) is -0.344. The summed E-state index contributed by atoms with van der Waals surface area (Å²) in [5, 5.41) is 7.24. The molecule has 0 saturated carbocycles.